The first-order chi connectivity index (χ1) is 6.82. The van der Waals surface area contributed by atoms with Crippen LogP contribution in [0.4, 0.5) is 18.9 Å². The highest BCUT2D eigenvalue weighted by Crippen LogP contribution is 2.27. The fraction of sp³-hybridized carbons (Fsp3) is 0.222. The number of rotatable bonds is 1. The predicted octanol–water partition coefficient (Wildman–Crippen LogP) is 3.15. The minimum absolute atomic E-state index is 0.0125. The number of anilines is 1. The van der Waals surface area contributed by atoms with Gasteiger partial charge in [-0.1, -0.05) is 23.7 Å². The van der Waals surface area contributed by atoms with Crippen LogP contribution in [0.25, 0.3) is 0 Å². The summed E-state index contributed by atoms with van der Waals surface area (Å²) >= 11 is 5.64. The van der Waals surface area contributed by atoms with Gasteiger partial charge in [0.05, 0.1) is 10.7 Å². The second-order valence-corrected chi connectivity index (χ2v) is 3.29. The molecule has 0 saturated carbocycles. The third-order valence-electron chi connectivity index (χ3n) is 1.72. The second-order valence-electron chi connectivity index (χ2n) is 2.88. The van der Waals surface area contributed by atoms with Gasteiger partial charge in [-0.05, 0) is 18.6 Å². The van der Waals surface area contributed by atoms with Crippen molar-refractivity contribution in [3.63, 3.8) is 0 Å². The van der Waals surface area contributed by atoms with Gasteiger partial charge in [-0.3, -0.25) is 4.79 Å². The second kappa shape index (κ2) is 4.10. The van der Waals surface area contributed by atoms with Gasteiger partial charge in [-0.15, -0.1) is 0 Å². The topological polar surface area (TPSA) is 29.1 Å². The van der Waals surface area contributed by atoms with Crippen LogP contribution in [0.3, 0.4) is 0 Å². The number of hydrogen-bond donors (Lipinski definition) is 1. The molecule has 0 unspecified atom stereocenters. The van der Waals surface area contributed by atoms with Crippen LogP contribution in [-0.2, 0) is 4.79 Å². The summed E-state index contributed by atoms with van der Waals surface area (Å²) in [5, 5.41) is 1.80. The lowest BCUT2D eigenvalue weighted by Gasteiger charge is -2.11. The normalized spacial score (nSPS) is 11.3. The third-order valence-corrected chi connectivity index (χ3v) is 2.03. The van der Waals surface area contributed by atoms with Crippen molar-refractivity contribution in [3.8, 4) is 0 Å². The molecule has 0 heterocycles. The van der Waals surface area contributed by atoms with Gasteiger partial charge < -0.3 is 5.32 Å². The summed E-state index contributed by atoms with van der Waals surface area (Å²) in [4.78, 5) is 10.6. The molecule has 1 N–H and O–H groups in total. The van der Waals surface area contributed by atoms with E-state index in [0.29, 0.717) is 5.56 Å². The summed E-state index contributed by atoms with van der Waals surface area (Å²) in [6.07, 6.45) is -4.91. The molecule has 0 saturated heterocycles. The summed E-state index contributed by atoms with van der Waals surface area (Å²) in [5.41, 5.74) is 0.460. The Labute approximate surface area is 89.0 Å². The molecule has 0 atom stereocenters. The molecule has 0 aliphatic carbocycles. The summed E-state index contributed by atoms with van der Waals surface area (Å²) < 4.78 is 35.8. The molecule has 15 heavy (non-hydrogen) atoms. The lowest BCUT2D eigenvalue weighted by atomic mass is 10.2. The highest BCUT2D eigenvalue weighted by molar-refractivity contribution is 6.34. The molecule has 0 aromatic heterocycles. The lowest BCUT2D eigenvalue weighted by Crippen LogP contribution is -2.30. The Kier molecular flexibility index (Phi) is 3.24. The smallest absolute Gasteiger partial charge is 0.317 e. The van der Waals surface area contributed by atoms with Gasteiger partial charge in [0.2, 0.25) is 0 Å². The number of halogens is 4. The van der Waals surface area contributed by atoms with Crippen molar-refractivity contribution >= 4 is 23.2 Å². The Morgan fingerprint density at radius 3 is 2.47 bits per heavy atom. The van der Waals surface area contributed by atoms with E-state index in [2.05, 4.69) is 0 Å². The van der Waals surface area contributed by atoms with E-state index in [1.807, 2.05) is 0 Å². The third kappa shape index (κ3) is 2.86. The summed E-state index contributed by atoms with van der Waals surface area (Å²) in [6.45, 7) is 1.55. The van der Waals surface area contributed by atoms with Crippen LogP contribution < -0.4 is 5.32 Å². The Morgan fingerprint density at radius 2 is 2.00 bits per heavy atom. The van der Waals surface area contributed by atoms with Crippen LogP contribution in [-0.4, -0.2) is 12.1 Å². The zero-order chi connectivity index (χ0) is 11.6. The standard InChI is InChI=1S/C9H7ClF3NO/c1-5-3-2-4-6(10)7(5)14-8(15)9(11,12)13/h2-4H,1H3,(H,14,15). The predicted molar refractivity (Wildman–Crippen MR) is 50.9 cm³/mol. The minimum atomic E-state index is -4.91. The number of aryl methyl sites for hydroxylation is 1. The maximum atomic E-state index is 11.9. The highest BCUT2D eigenvalue weighted by atomic mass is 35.5. The van der Waals surface area contributed by atoms with E-state index in [4.69, 9.17) is 11.6 Å². The first kappa shape index (κ1) is 11.8. The molecule has 0 bridgehead atoms. The van der Waals surface area contributed by atoms with E-state index in [9.17, 15) is 18.0 Å². The largest absolute Gasteiger partial charge is 0.471 e. The number of carbonyl (C=O) groups excluding carboxylic acids is 1. The van der Waals surface area contributed by atoms with Crippen molar-refractivity contribution in [3.05, 3.63) is 28.8 Å². The molecule has 0 radical (unpaired) electrons. The summed E-state index contributed by atoms with van der Waals surface area (Å²) in [6, 6.07) is 4.54. The molecule has 1 amide bonds. The number of benzene rings is 1. The molecule has 0 spiro atoms. The maximum Gasteiger partial charge on any atom is 0.471 e. The molecule has 0 fully saturated rings. The van der Waals surface area contributed by atoms with Gasteiger partial charge in [0.15, 0.2) is 0 Å². The molecule has 82 valence electrons. The Morgan fingerprint density at radius 1 is 1.40 bits per heavy atom. The van der Waals surface area contributed by atoms with Crippen LogP contribution in [0, 0.1) is 6.92 Å². The van der Waals surface area contributed by atoms with Crippen molar-refractivity contribution in [1.29, 1.82) is 0 Å². The number of alkyl halides is 3. The van der Waals surface area contributed by atoms with Gasteiger partial charge in [-0.2, -0.15) is 13.2 Å². The van der Waals surface area contributed by atoms with Gasteiger partial charge >= 0.3 is 12.1 Å². The van der Waals surface area contributed by atoms with Gasteiger partial charge in [0.1, 0.15) is 0 Å². The first-order valence-electron chi connectivity index (χ1n) is 3.95. The van der Waals surface area contributed by atoms with Crippen LogP contribution >= 0.6 is 11.6 Å². The fourth-order valence-corrected chi connectivity index (χ4v) is 1.24. The number of nitrogens with one attached hydrogen (secondary N) is 1. The van der Waals surface area contributed by atoms with Crippen molar-refractivity contribution in [1.82, 2.24) is 0 Å². The van der Waals surface area contributed by atoms with E-state index in [1.54, 1.807) is 24.4 Å². The lowest BCUT2D eigenvalue weighted by molar-refractivity contribution is -0.167. The molecule has 1 aromatic carbocycles. The van der Waals surface area contributed by atoms with Crippen molar-refractivity contribution < 1.29 is 18.0 Å². The summed E-state index contributed by atoms with van der Waals surface area (Å²) in [7, 11) is 0. The zero-order valence-corrected chi connectivity index (χ0v) is 8.41. The van der Waals surface area contributed by atoms with E-state index < -0.39 is 12.1 Å². The molecule has 2 nitrogen and oxygen atoms in total. The van der Waals surface area contributed by atoms with Crippen LogP contribution in [0.5, 0.6) is 0 Å². The molecule has 1 rings (SSSR count). The van der Waals surface area contributed by atoms with E-state index in [0.717, 1.165) is 0 Å². The average molecular weight is 238 g/mol. The highest BCUT2D eigenvalue weighted by Gasteiger charge is 2.39. The zero-order valence-electron chi connectivity index (χ0n) is 7.65. The van der Waals surface area contributed by atoms with Gasteiger partial charge in [0.25, 0.3) is 0 Å². The average Bonchev–Trinajstić information content (AvgIpc) is 2.09. The molecular formula is C9H7ClF3NO. The fourth-order valence-electron chi connectivity index (χ4n) is 0.975. The van der Waals surface area contributed by atoms with Gasteiger partial charge in [-0.25, -0.2) is 0 Å². The van der Waals surface area contributed by atoms with Crippen molar-refractivity contribution in [2.24, 2.45) is 0 Å². The van der Waals surface area contributed by atoms with E-state index >= 15 is 0 Å². The first-order valence-corrected chi connectivity index (χ1v) is 4.33. The van der Waals surface area contributed by atoms with E-state index in [1.165, 1.54) is 6.07 Å². The number of para-hydroxylation sites is 1. The molecule has 0 aliphatic heterocycles. The quantitative estimate of drug-likeness (QED) is 0.799. The van der Waals surface area contributed by atoms with Crippen molar-refractivity contribution in [2.75, 3.05) is 5.32 Å². The number of amides is 1. The molecule has 1 aromatic rings. The van der Waals surface area contributed by atoms with Crippen LogP contribution in [0.15, 0.2) is 18.2 Å². The Balaban J connectivity index is 2.95. The Hall–Kier alpha value is -1.23. The van der Waals surface area contributed by atoms with E-state index in [-0.39, 0.29) is 10.7 Å². The molecule has 0 aliphatic rings. The maximum absolute atomic E-state index is 11.9. The monoisotopic (exact) mass is 237 g/mol. The van der Waals surface area contributed by atoms with Crippen LogP contribution in [0.1, 0.15) is 5.56 Å². The number of hydrogen-bond acceptors (Lipinski definition) is 1. The van der Waals surface area contributed by atoms with Gasteiger partial charge in [0, 0.05) is 0 Å². The number of carbonyl (C=O) groups is 1. The summed E-state index contributed by atoms with van der Waals surface area (Å²) in [5.74, 6) is -2.03. The Bertz CT molecular complexity index is 369. The SMILES string of the molecule is Cc1cccc(Cl)c1NC(=O)C(F)(F)F. The van der Waals surface area contributed by atoms with Crippen LogP contribution in [0.2, 0.25) is 5.02 Å². The van der Waals surface area contributed by atoms with Crippen molar-refractivity contribution in [2.45, 2.75) is 13.1 Å². The minimum Gasteiger partial charge on any atom is -0.317 e. The molecular weight excluding hydrogens is 231 g/mol. The molecule has 6 heteroatoms.